The number of anilines is 2. The molecule has 4 aromatic rings. The summed E-state index contributed by atoms with van der Waals surface area (Å²) in [5, 5.41) is 5.09. The Morgan fingerprint density at radius 2 is 1.61 bits per heavy atom. The molecule has 0 bridgehead atoms. The first-order chi connectivity index (χ1) is 17.1. The average Bonchev–Trinajstić information content (AvgIpc) is 3.32. The molecule has 0 radical (unpaired) electrons. The molecule has 0 fully saturated rings. The SMILES string of the molecule is CC(=O)c1cccc(NS(=O)(=O)c2ccc(C(=O)Nc3nc(-c4ccc(C(C)C)cc4)cs3)cc2)c1. The van der Waals surface area contributed by atoms with Gasteiger partial charge in [-0.25, -0.2) is 13.4 Å². The highest BCUT2D eigenvalue weighted by atomic mass is 32.2. The smallest absolute Gasteiger partial charge is 0.261 e. The number of amides is 1. The highest BCUT2D eigenvalue weighted by Gasteiger charge is 2.17. The maximum atomic E-state index is 12.7. The first-order valence-corrected chi connectivity index (χ1v) is 13.6. The zero-order chi connectivity index (χ0) is 25.9. The lowest BCUT2D eigenvalue weighted by Gasteiger charge is -2.09. The van der Waals surface area contributed by atoms with Crippen LogP contribution in [0.3, 0.4) is 0 Å². The number of carbonyl (C=O) groups excluding carboxylic acids is 2. The van der Waals surface area contributed by atoms with Crippen molar-refractivity contribution in [2.75, 3.05) is 10.0 Å². The van der Waals surface area contributed by atoms with Crippen molar-refractivity contribution in [2.45, 2.75) is 31.6 Å². The molecule has 1 heterocycles. The fourth-order valence-corrected chi connectivity index (χ4v) is 5.24. The molecule has 184 valence electrons. The highest BCUT2D eigenvalue weighted by Crippen LogP contribution is 2.27. The second-order valence-electron chi connectivity index (χ2n) is 8.54. The van der Waals surface area contributed by atoms with Gasteiger partial charge in [-0.05, 0) is 54.8 Å². The van der Waals surface area contributed by atoms with Gasteiger partial charge in [0, 0.05) is 27.8 Å². The molecule has 2 N–H and O–H groups in total. The van der Waals surface area contributed by atoms with Crippen LogP contribution >= 0.6 is 11.3 Å². The number of hydrogen-bond acceptors (Lipinski definition) is 6. The van der Waals surface area contributed by atoms with Gasteiger partial charge in [0.2, 0.25) is 0 Å². The van der Waals surface area contributed by atoms with Crippen molar-refractivity contribution in [3.8, 4) is 11.3 Å². The molecular weight excluding hydrogens is 494 g/mol. The number of nitrogens with zero attached hydrogens (tertiary/aromatic N) is 1. The van der Waals surface area contributed by atoms with E-state index in [0.29, 0.717) is 22.2 Å². The maximum absolute atomic E-state index is 12.7. The van der Waals surface area contributed by atoms with E-state index in [1.165, 1.54) is 54.2 Å². The first kappa shape index (κ1) is 25.3. The summed E-state index contributed by atoms with van der Waals surface area (Å²) in [4.78, 5) is 28.7. The van der Waals surface area contributed by atoms with Gasteiger partial charge in [0.05, 0.1) is 10.6 Å². The number of carbonyl (C=O) groups is 2. The summed E-state index contributed by atoms with van der Waals surface area (Å²) in [5.74, 6) is -0.112. The molecule has 9 heteroatoms. The fraction of sp³-hybridized carbons (Fsp3) is 0.148. The Balaban J connectivity index is 1.43. The van der Waals surface area contributed by atoms with Crippen LogP contribution in [0.5, 0.6) is 0 Å². The Hall–Kier alpha value is -3.82. The van der Waals surface area contributed by atoms with E-state index in [4.69, 9.17) is 0 Å². The molecule has 0 spiro atoms. The molecule has 0 saturated carbocycles. The van der Waals surface area contributed by atoms with Crippen LogP contribution in [0.1, 0.15) is 53.0 Å². The van der Waals surface area contributed by atoms with Gasteiger partial charge in [-0.2, -0.15) is 0 Å². The van der Waals surface area contributed by atoms with Gasteiger partial charge in [0.1, 0.15) is 0 Å². The summed E-state index contributed by atoms with van der Waals surface area (Å²) in [6, 6.07) is 20.0. The monoisotopic (exact) mass is 519 g/mol. The van der Waals surface area contributed by atoms with Crippen LogP contribution < -0.4 is 10.0 Å². The molecule has 36 heavy (non-hydrogen) atoms. The normalized spacial score (nSPS) is 11.3. The van der Waals surface area contributed by atoms with Crippen molar-refractivity contribution < 1.29 is 18.0 Å². The summed E-state index contributed by atoms with van der Waals surface area (Å²) in [6.07, 6.45) is 0. The summed E-state index contributed by atoms with van der Waals surface area (Å²) in [5.41, 5.74) is 3.96. The van der Waals surface area contributed by atoms with E-state index >= 15 is 0 Å². The van der Waals surface area contributed by atoms with Gasteiger partial charge in [-0.15, -0.1) is 11.3 Å². The molecule has 0 unspecified atom stereocenters. The number of benzene rings is 3. The van der Waals surface area contributed by atoms with Crippen molar-refractivity contribution in [1.29, 1.82) is 0 Å². The number of thiazole rings is 1. The Labute approximate surface area is 214 Å². The van der Waals surface area contributed by atoms with Crippen LogP contribution in [0, 0.1) is 0 Å². The molecule has 1 amide bonds. The van der Waals surface area contributed by atoms with E-state index in [0.717, 1.165) is 11.3 Å². The number of rotatable bonds is 8. The Morgan fingerprint density at radius 1 is 0.917 bits per heavy atom. The minimum Gasteiger partial charge on any atom is -0.298 e. The number of Topliss-reactive ketones (excluding diaryl/α,β-unsaturated/α-hetero) is 1. The number of ketones is 1. The molecule has 0 aliphatic carbocycles. The topological polar surface area (TPSA) is 105 Å². The molecule has 3 aromatic carbocycles. The van der Waals surface area contributed by atoms with Crippen LogP contribution in [-0.4, -0.2) is 25.1 Å². The minimum absolute atomic E-state index is 0.00587. The lowest BCUT2D eigenvalue weighted by molar-refractivity contribution is 0.101. The maximum Gasteiger partial charge on any atom is 0.261 e. The van der Waals surface area contributed by atoms with E-state index < -0.39 is 15.9 Å². The van der Waals surface area contributed by atoms with Crippen LogP contribution in [0.25, 0.3) is 11.3 Å². The molecular formula is C27H25N3O4S2. The summed E-state index contributed by atoms with van der Waals surface area (Å²) in [7, 11) is -3.90. The van der Waals surface area contributed by atoms with Crippen LogP contribution in [0.2, 0.25) is 0 Å². The van der Waals surface area contributed by atoms with Gasteiger partial charge in [-0.1, -0.05) is 50.2 Å². The van der Waals surface area contributed by atoms with Crippen LogP contribution in [-0.2, 0) is 10.0 Å². The van der Waals surface area contributed by atoms with Crippen molar-refractivity contribution in [3.05, 3.63) is 94.9 Å². The van der Waals surface area contributed by atoms with E-state index in [2.05, 4.69) is 41.0 Å². The summed E-state index contributed by atoms with van der Waals surface area (Å²) >= 11 is 1.32. The quantitative estimate of drug-likeness (QED) is 0.270. The number of hydrogen-bond donors (Lipinski definition) is 2. The van der Waals surface area contributed by atoms with Gasteiger partial charge < -0.3 is 0 Å². The summed E-state index contributed by atoms with van der Waals surface area (Å²) in [6.45, 7) is 5.69. The number of nitrogens with one attached hydrogen (secondary N) is 2. The average molecular weight is 520 g/mol. The largest absolute Gasteiger partial charge is 0.298 e. The zero-order valence-corrected chi connectivity index (χ0v) is 21.6. The van der Waals surface area contributed by atoms with Crippen molar-refractivity contribution in [1.82, 2.24) is 4.98 Å². The zero-order valence-electron chi connectivity index (χ0n) is 20.0. The third-order valence-electron chi connectivity index (χ3n) is 5.55. The molecule has 0 aliphatic rings. The van der Waals surface area contributed by atoms with E-state index in [1.807, 2.05) is 17.5 Å². The minimum atomic E-state index is -3.90. The number of aromatic nitrogens is 1. The lowest BCUT2D eigenvalue weighted by atomic mass is 10.0. The second-order valence-corrected chi connectivity index (χ2v) is 11.1. The van der Waals surface area contributed by atoms with Gasteiger partial charge in [0.25, 0.3) is 15.9 Å². The van der Waals surface area contributed by atoms with E-state index in [9.17, 15) is 18.0 Å². The van der Waals surface area contributed by atoms with Crippen molar-refractivity contribution in [2.24, 2.45) is 0 Å². The Morgan fingerprint density at radius 3 is 2.25 bits per heavy atom. The van der Waals surface area contributed by atoms with Crippen molar-refractivity contribution in [3.63, 3.8) is 0 Å². The number of sulfonamides is 1. The van der Waals surface area contributed by atoms with Gasteiger partial charge in [-0.3, -0.25) is 19.6 Å². The predicted molar refractivity (Wildman–Crippen MR) is 143 cm³/mol. The Kier molecular flexibility index (Phi) is 7.32. The first-order valence-electron chi connectivity index (χ1n) is 11.2. The van der Waals surface area contributed by atoms with E-state index in [1.54, 1.807) is 18.2 Å². The fourth-order valence-electron chi connectivity index (χ4n) is 3.47. The predicted octanol–water partition coefficient (Wildman–Crippen LogP) is 6.19. The Bertz CT molecular complexity index is 1510. The molecule has 1 aromatic heterocycles. The van der Waals surface area contributed by atoms with Crippen LogP contribution in [0.15, 0.2) is 83.1 Å². The molecule has 0 saturated heterocycles. The van der Waals surface area contributed by atoms with Gasteiger partial charge >= 0.3 is 0 Å². The standard InChI is InChI=1S/C27H25N3O4S2/c1-17(2)19-7-9-20(10-8-19)25-16-35-27(28-25)29-26(32)21-11-13-24(14-12-21)36(33,34)30-23-6-4-5-22(15-23)18(3)31/h4-17,30H,1-3H3,(H,28,29,32). The van der Waals surface area contributed by atoms with E-state index in [-0.39, 0.29) is 16.4 Å². The van der Waals surface area contributed by atoms with Crippen LogP contribution in [0.4, 0.5) is 10.8 Å². The molecule has 7 nitrogen and oxygen atoms in total. The van der Waals surface area contributed by atoms with Crippen molar-refractivity contribution >= 4 is 43.9 Å². The molecule has 4 rings (SSSR count). The summed E-state index contributed by atoms with van der Waals surface area (Å²) < 4.78 is 27.9. The molecule has 0 atom stereocenters. The molecule has 0 aliphatic heterocycles. The van der Waals surface area contributed by atoms with Gasteiger partial charge in [0.15, 0.2) is 10.9 Å². The third kappa shape index (κ3) is 5.87. The lowest BCUT2D eigenvalue weighted by Crippen LogP contribution is -2.15. The third-order valence-corrected chi connectivity index (χ3v) is 7.70. The highest BCUT2D eigenvalue weighted by molar-refractivity contribution is 7.92. The second kappa shape index (κ2) is 10.4.